The van der Waals surface area contributed by atoms with Gasteiger partial charge in [-0.05, 0) is 30.3 Å². The molecule has 2 aromatic carbocycles. The molecule has 0 atom stereocenters. The number of amides is 1. The van der Waals surface area contributed by atoms with Gasteiger partial charge in [0.1, 0.15) is 22.9 Å². The van der Waals surface area contributed by atoms with Crippen LogP contribution in [-0.2, 0) is 33.7 Å². The van der Waals surface area contributed by atoms with Gasteiger partial charge >= 0.3 is 11.7 Å². The Labute approximate surface area is 204 Å². The zero-order valence-electron chi connectivity index (χ0n) is 19.3. The lowest BCUT2D eigenvalue weighted by Gasteiger charge is -2.13. The normalized spacial score (nSPS) is 11.0. The Morgan fingerprint density at radius 3 is 2.42 bits per heavy atom. The van der Waals surface area contributed by atoms with Crippen molar-refractivity contribution in [2.45, 2.75) is 4.90 Å². The molecule has 36 heavy (non-hydrogen) atoms. The average molecular weight is 519 g/mol. The molecule has 0 aliphatic rings. The summed E-state index contributed by atoms with van der Waals surface area (Å²) in [5.74, 6) is -2.50. The van der Waals surface area contributed by atoms with Crippen LogP contribution in [0, 0.1) is 0 Å². The molecule has 1 amide bonds. The SMILES string of the molecule is COc1ccccc1NS(=O)(=O)c1ccc(O)c(C(=O)OCC(=O)Nc2cc(=O)n(C)c(=O)n2C)c1. The van der Waals surface area contributed by atoms with Crippen LogP contribution in [0.2, 0.25) is 0 Å². The molecule has 13 nitrogen and oxygen atoms in total. The van der Waals surface area contributed by atoms with Crippen LogP contribution in [0.3, 0.4) is 0 Å². The van der Waals surface area contributed by atoms with Gasteiger partial charge in [0.25, 0.3) is 21.5 Å². The van der Waals surface area contributed by atoms with E-state index in [1.54, 1.807) is 18.2 Å². The van der Waals surface area contributed by atoms with Gasteiger partial charge in [0.05, 0.1) is 17.7 Å². The van der Waals surface area contributed by atoms with E-state index < -0.39 is 51.1 Å². The minimum absolute atomic E-state index is 0.123. The Bertz CT molecular complexity index is 1560. The minimum atomic E-state index is -4.20. The molecular weight excluding hydrogens is 496 g/mol. The first-order valence-corrected chi connectivity index (χ1v) is 11.7. The number of carbonyl (C=O) groups is 2. The van der Waals surface area contributed by atoms with E-state index in [1.807, 2.05) is 0 Å². The second kappa shape index (κ2) is 10.4. The summed E-state index contributed by atoms with van der Waals surface area (Å²) in [6.07, 6.45) is 0. The first kappa shape index (κ1) is 26.0. The highest BCUT2D eigenvalue weighted by molar-refractivity contribution is 7.92. The molecule has 0 fully saturated rings. The maximum absolute atomic E-state index is 12.8. The van der Waals surface area contributed by atoms with E-state index in [2.05, 4.69) is 10.0 Å². The molecule has 14 heteroatoms. The van der Waals surface area contributed by atoms with Crippen LogP contribution in [0.15, 0.2) is 63.0 Å². The molecule has 190 valence electrons. The van der Waals surface area contributed by atoms with Crippen molar-refractivity contribution in [2.24, 2.45) is 14.1 Å². The zero-order valence-corrected chi connectivity index (χ0v) is 20.2. The number of nitrogens with zero attached hydrogens (tertiary/aromatic N) is 2. The Kier molecular flexibility index (Phi) is 7.48. The molecule has 0 saturated carbocycles. The second-order valence-corrected chi connectivity index (χ2v) is 9.06. The fraction of sp³-hybridized carbons (Fsp3) is 0.182. The van der Waals surface area contributed by atoms with E-state index in [0.29, 0.717) is 0 Å². The molecule has 3 rings (SSSR count). The van der Waals surface area contributed by atoms with Crippen molar-refractivity contribution < 1.29 is 32.6 Å². The third-order valence-electron chi connectivity index (χ3n) is 4.98. The summed E-state index contributed by atoms with van der Waals surface area (Å²) < 4.78 is 39.8. The van der Waals surface area contributed by atoms with Crippen LogP contribution < -0.4 is 26.0 Å². The molecule has 0 spiro atoms. The first-order chi connectivity index (χ1) is 16.9. The monoisotopic (exact) mass is 518 g/mol. The van der Waals surface area contributed by atoms with Crippen LogP contribution in [-0.4, -0.2) is 48.3 Å². The quantitative estimate of drug-likeness (QED) is 0.356. The fourth-order valence-electron chi connectivity index (χ4n) is 3.02. The number of hydrogen-bond donors (Lipinski definition) is 3. The van der Waals surface area contributed by atoms with E-state index in [1.165, 1.54) is 27.3 Å². The van der Waals surface area contributed by atoms with Crippen LogP contribution in [0.5, 0.6) is 11.5 Å². The molecule has 0 unspecified atom stereocenters. The van der Waals surface area contributed by atoms with Crippen LogP contribution >= 0.6 is 0 Å². The average Bonchev–Trinajstić information content (AvgIpc) is 2.84. The predicted molar refractivity (Wildman–Crippen MR) is 128 cm³/mol. The molecular formula is C22H22N4O9S. The van der Waals surface area contributed by atoms with Crippen molar-refractivity contribution in [3.63, 3.8) is 0 Å². The van der Waals surface area contributed by atoms with Crippen molar-refractivity contribution in [3.05, 3.63) is 74.9 Å². The van der Waals surface area contributed by atoms with Gasteiger partial charge in [-0.25, -0.2) is 18.0 Å². The molecule has 1 aromatic heterocycles. The van der Waals surface area contributed by atoms with Gasteiger partial charge in [0.15, 0.2) is 6.61 Å². The number of anilines is 2. The number of aromatic nitrogens is 2. The third kappa shape index (κ3) is 5.55. The van der Waals surface area contributed by atoms with Crippen molar-refractivity contribution in [2.75, 3.05) is 23.8 Å². The summed E-state index contributed by atoms with van der Waals surface area (Å²) in [6.45, 7) is -0.849. The predicted octanol–water partition coefficient (Wildman–Crippen LogP) is 0.394. The number of benzene rings is 2. The Morgan fingerprint density at radius 2 is 1.72 bits per heavy atom. The van der Waals surface area contributed by atoms with Gasteiger partial charge in [0.2, 0.25) is 0 Å². The summed E-state index contributed by atoms with van der Waals surface area (Å²) in [7, 11) is -0.235. The van der Waals surface area contributed by atoms with Crippen LogP contribution in [0.25, 0.3) is 0 Å². The second-order valence-electron chi connectivity index (χ2n) is 7.38. The maximum Gasteiger partial charge on any atom is 0.342 e. The van der Waals surface area contributed by atoms with Gasteiger partial charge < -0.3 is 19.9 Å². The van der Waals surface area contributed by atoms with Crippen molar-refractivity contribution >= 4 is 33.4 Å². The number of methoxy groups -OCH3 is 1. The molecule has 0 bridgehead atoms. The number of carbonyl (C=O) groups excluding carboxylic acids is 2. The molecule has 3 aromatic rings. The molecule has 0 saturated heterocycles. The van der Waals surface area contributed by atoms with Gasteiger partial charge in [-0.15, -0.1) is 0 Å². The maximum atomic E-state index is 12.8. The highest BCUT2D eigenvalue weighted by atomic mass is 32.2. The molecule has 0 radical (unpaired) electrons. The van der Waals surface area contributed by atoms with E-state index in [-0.39, 0.29) is 22.2 Å². The van der Waals surface area contributed by atoms with Gasteiger partial charge in [-0.2, -0.15) is 0 Å². The smallest absolute Gasteiger partial charge is 0.342 e. The fourth-order valence-corrected chi connectivity index (χ4v) is 4.12. The topological polar surface area (TPSA) is 175 Å². The lowest BCUT2D eigenvalue weighted by atomic mass is 10.2. The van der Waals surface area contributed by atoms with Crippen LogP contribution in [0.4, 0.5) is 11.5 Å². The summed E-state index contributed by atoms with van der Waals surface area (Å²) in [4.78, 5) is 48.0. The summed E-state index contributed by atoms with van der Waals surface area (Å²) in [5, 5.41) is 12.3. The standard InChI is InChI=1S/C22H22N4O9S/c1-25-18(11-20(29)26(2)22(25)31)23-19(28)12-35-21(30)14-10-13(8-9-16(14)27)36(32,33)24-15-6-4-5-7-17(15)34-3/h4-11,24,27H,12H2,1-3H3,(H,23,28). The number of phenols is 1. The largest absolute Gasteiger partial charge is 0.507 e. The molecule has 1 heterocycles. The molecule has 3 N–H and O–H groups in total. The highest BCUT2D eigenvalue weighted by Gasteiger charge is 2.22. The van der Waals surface area contributed by atoms with Crippen molar-refractivity contribution in [1.29, 1.82) is 0 Å². The first-order valence-electron chi connectivity index (χ1n) is 10.2. The lowest BCUT2D eigenvalue weighted by molar-refractivity contribution is -0.119. The minimum Gasteiger partial charge on any atom is -0.507 e. The molecule has 0 aliphatic carbocycles. The zero-order chi connectivity index (χ0) is 26.6. The number of phenolic OH excluding ortho intramolecular Hbond substituents is 1. The Balaban J connectivity index is 1.75. The number of hydrogen-bond acceptors (Lipinski definition) is 9. The number of rotatable bonds is 8. The Hall–Kier alpha value is -4.59. The van der Waals surface area contributed by atoms with Gasteiger partial charge in [-0.1, -0.05) is 12.1 Å². The number of sulfonamides is 1. The number of nitrogens with one attached hydrogen (secondary N) is 2. The number of aromatic hydroxyl groups is 1. The van der Waals surface area contributed by atoms with Crippen molar-refractivity contribution in [3.8, 4) is 11.5 Å². The van der Waals surface area contributed by atoms with Gasteiger partial charge in [0, 0.05) is 20.2 Å². The van der Waals surface area contributed by atoms with E-state index in [4.69, 9.17) is 9.47 Å². The van der Waals surface area contributed by atoms with Crippen molar-refractivity contribution in [1.82, 2.24) is 9.13 Å². The lowest BCUT2D eigenvalue weighted by Crippen LogP contribution is -2.38. The molecule has 0 aliphatic heterocycles. The number of esters is 1. The number of para-hydroxylation sites is 2. The number of ether oxygens (including phenoxy) is 2. The highest BCUT2D eigenvalue weighted by Crippen LogP contribution is 2.28. The van der Waals surface area contributed by atoms with Gasteiger partial charge in [-0.3, -0.25) is 23.4 Å². The summed E-state index contributed by atoms with van der Waals surface area (Å²) in [6, 6.07) is 10.2. The summed E-state index contributed by atoms with van der Waals surface area (Å²) in [5.41, 5.74) is -1.69. The summed E-state index contributed by atoms with van der Waals surface area (Å²) >= 11 is 0. The van der Waals surface area contributed by atoms with E-state index in [0.717, 1.165) is 33.4 Å². The van der Waals surface area contributed by atoms with E-state index >= 15 is 0 Å². The Morgan fingerprint density at radius 1 is 1.03 bits per heavy atom. The van der Waals surface area contributed by atoms with E-state index in [9.17, 15) is 32.7 Å². The van der Waals surface area contributed by atoms with Crippen LogP contribution in [0.1, 0.15) is 10.4 Å². The third-order valence-corrected chi connectivity index (χ3v) is 6.34.